The summed E-state index contributed by atoms with van der Waals surface area (Å²) in [6.07, 6.45) is 1.84. The average molecular weight is 301 g/mol. The molecule has 0 aliphatic carbocycles. The number of benzene rings is 2. The molecule has 5 rings (SSSR count). The van der Waals surface area contributed by atoms with Gasteiger partial charge in [-0.3, -0.25) is 5.10 Å². The van der Waals surface area contributed by atoms with Crippen LogP contribution in [0.4, 0.5) is 0 Å². The number of imidazole rings is 1. The van der Waals surface area contributed by atoms with E-state index in [-0.39, 0.29) is 5.75 Å². The molecule has 0 spiro atoms. The fourth-order valence-corrected chi connectivity index (χ4v) is 2.83. The summed E-state index contributed by atoms with van der Waals surface area (Å²) in [5.41, 5.74) is 3.90. The molecule has 23 heavy (non-hydrogen) atoms. The molecule has 0 radical (unpaired) electrons. The highest BCUT2D eigenvalue weighted by Crippen LogP contribution is 2.27. The summed E-state index contributed by atoms with van der Waals surface area (Å²) in [5.74, 6) is 0.834. The molecule has 0 saturated carbocycles. The number of fused-ring (bicyclic) bond motifs is 3. The van der Waals surface area contributed by atoms with E-state index >= 15 is 0 Å². The minimum Gasteiger partial charge on any atom is -0.506 e. The number of H-pyrrole nitrogens is 2. The van der Waals surface area contributed by atoms with E-state index in [1.54, 1.807) is 12.1 Å². The molecule has 3 N–H and O–H groups in total. The number of hydrogen-bond acceptors (Lipinski definition) is 4. The Bertz CT molecular complexity index is 1140. The fourth-order valence-electron chi connectivity index (χ4n) is 2.83. The van der Waals surface area contributed by atoms with E-state index < -0.39 is 0 Å². The molecule has 3 heterocycles. The van der Waals surface area contributed by atoms with E-state index in [9.17, 15) is 5.11 Å². The molecule has 0 aliphatic rings. The second kappa shape index (κ2) is 4.30. The smallest absolute Gasteiger partial charge is 0.157 e. The Morgan fingerprint density at radius 1 is 0.913 bits per heavy atom. The standard InChI is InChI=1S/C17H11N5O/c23-15-3-1-2-9-4-5-11(19-16(9)15)17-20-13-6-10-8-18-22-12(10)7-14(13)21-17/h1-8,23H,(H,18,22)(H,20,21). The third kappa shape index (κ3) is 1.78. The van der Waals surface area contributed by atoms with Crippen LogP contribution in [0.3, 0.4) is 0 Å². The van der Waals surface area contributed by atoms with Crippen LogP contribution in [0.2, 0.25) is 0 Å². The predicted octanol–water partition coefficient (Wildman–Crippen LogP) is 3.36. The molecule has 6 nitrogen and oxygen atoms in total. The van der Waals surface area contributed by atoms with Crippen molar-refractivity contribution in [1.82, 2.24) is 25.1 Å². The van der Waals surface area contributed by atoms with Crippen molar-refractivity contribution in [2.24, 2.45) is 0 Å². The topological polar surface area (TPSA) is 90.5 Å². The van der Waals surface area contributed by atoms with E-state index in [1.807, 2.05) is 36.5 Å². The molecule has 0 unspecified atom stereocenters. The lowest BCUT2D eigenvalue weighted by molar-refractivity contribution is 0.480. The lowest BCUT2D eigenvalue weighted by atomic mass is 10.2. The Labute approximate surface area is 129 Å². The van der Waals surface area contributed by atoms with Crippen molar-refractivity contribution in [1.29, 1.82) is 0 Å². The first-order valence-electron chi connectivity index (χ1n) is 7.20. The molecule has 0 aliphatic heterocycles. The molecule has 0 bridgehead atoms. The number of hydrogen-bond donors (Lipinski definition) is 3. The molecule has 3 aromatic heterocycles. The Hall–Kier alpha value is -3.41. The largest absolute Gasteiger partial charge is 0.506 e. The van der Waals surface area contributed by atoms with Gasteiger partial charge in [-0.15, -0.1) is 0 Å². The summed E-state index contributed by atoms with van der Waals surface area (Å²) in [4.78, 5) is 12.4. The van der Waals surface area contributed by atoms with E-state index in [2.05, 4.69) is 25.1 Å². The van der Waals surface area contributed by atoms with Crippen molar-refractivity contribution in [3.05, 3.63) is 48.7 Å². The Kier molecular flexibility index (Phi) is 2.27. The first-order valence-corrected chi connectivity index (χ1v) is 7.20. The van der Waals surface area contributed by atoms with Crippen LogP contribution in [0, 0.1) is 0 Å². The van der Waals surface area contributed by atoms with Gasteiger partial charge in [0.25, 0.3) is 0 Å². The first-order chi connectivity index (χ1) is 11.3. The van der Waals surface area contributed by atoms with Gasteiger partial charge in [0.15, 0.2) is 5.82 Å². The van der Waals surface area contributed by atoms with E-state index in [0.717, 1.165) is 27.3 Å². The third-order valence-electron chi connectivity index (χ3n) is 3.98. The van der Waals surface area contributed by atoms with Crippen LogP contribution in [-0.2, 0) is 0 Å². The minimum atomic E-state index is 0.166. The van der Waals surface area contributed by atoms with Crippen LogP contribution in [0.15, 0.2) is 48.7 Å². The maximum Gasteiger partial charge on any atom is 0.157 e. The summed E-state index contributed by atoms with van der Waals surface area (Å²) in [7, 11) is 0. The molecular weight excluding hydrogens is 290 g/mol. The predicted molar refractivity (Wildman–Crippen MR) is 88.1 cm³/mol. The summed E-state index contributed by atoms with van der Waals surface area (Å²) in [6.45, 7) is 0. The number of aromatic amines is 2. The van der Waals surface area contributed by atoms with E-state index in [1.165, 1.54) is 0 Å². The van der Waals surface area contributed by atoms with Gasteiger partial charge in [-0.1, -0.05) is 18.2 Å². The number of aromatic nitrogens is 5. The Morgan fingerprint density at radius 2 is 1.87 bits per heavy atom. The Balaban J connectivity index is 1.74. The lowest BCUT2D eigenvalue weighted by Gasteiger charge is -2.02. The average Bonchev–Trinajstić information content (AvgIpc) is 3.18. The molecule has 5 aromatic rings. The van der Waals surface area contributed by atoms with Gasteiger partial charge in [0.1, 0.15) is 17.0 Å². The SMILES string of the molecule is Oc1cccc2ccc(-c3nc4cc5c[nH]nc5cc4[nH]3)nc12. The van der Waals surface area contributed by atoms with Crippen molar-refractivity contribution < 1.29 is 5.11 Å². The van der Waals surface area contributed by atoms with Crippen LogP contribution < -0.4 is 0 Å². The van der Waals surface area contributed by atoms with Crippen molar-refractivity contribution in [2.45, 2.75) is 0 Å². The van der Waals surface area contributed by atoms with Crippen LogP contribution in [0.1, 0.15) is 0 Å². The van der Waals surface area contributed by atoms with Crippen molar-refractivity contribution >= 4 is 32.8 Å². The van der Waals surface area contributed by atoms with Crippen LogP contribution >= 0.6 is 0 Å². The molecule has 0 amide bonds. The second-order valence-electron chi connectivity index (χ2n) is 5.44. The molecule has 0 atom stereocenters. The number of nitrogens with zero attached hydrogens (tertiary/aromatic N) is 3. The van der Waals surface area contributed by atoms with E-state index in [0.29, 0.717) is 17.0 Å². The molecule has 2 aromatic carbocycles. The quantitative estimate of drug-likeness (QED) is 0.443. The van der Waals surface area contributed by atoms with Crippen LogP contribution in [0.5, 0.6) is 5.75 Å². The van der Waals surface area contributed by atoms with Crippen LogP contribution in [-0.4, -0.2) is 30.3 Å². The Morgan fingerprint density at radius 3 is 2.83 bits per heavy atom. The van der Waals surface area contributed by atoms with Gasteiger partial charge in [-0.25, -0.2) is 9.97 Å². The summed E-state index contributed by atoms with van der Waals surface area (Å²) in [6, 6.07) is 13.1. The maximum atomic E-state index is 9.98. The summed E-state index contributed by atoms with van der Waals surface area (Å²) < 4.78 is 0. The molecule has 0 fully saturated rings. The fraction of sp³-hybridized carbons (Fsp3) is 0. The van der Waals surface area contributed by atoms with Gasteiger partial charge in [0.2, 0.25) is 0 Å². The maximum absolute atomic E-state index is 9.98. The normalized spacial score (nSPS) is 11.7. The number of rotatable bonds is 1. The van der Waals surface area contributed by atoms with Crippen LogP contribution in [0.25, 0.3) is 44.4 Å². The van der Waals surface area contributed by atoms with Gasteiger partial charge in [-0.05, 0) is 24.3 Å². The van der Waals surface area contributed by atoms with Gasteiger partial charge in [0, 0.05) is 17.0 Å². The van der Waals surface area contributed by atoms with Gasteiger partial charge >= 0.3 is 0 Å². The third-order valence-corrected chi connectivity index (χ3v) is 3.98. The number of pyridine rings is 1. The molecule has 110 valence electrons. The first kappa shape index (κ1) is 12.2. The van der Waals surface area contributed by atoms with E-state index in [4.69, 9.17) is 0 Å². The van der Waals surface area contributed by atoms with Crippen molar-refractivity contribution in [3.63, 3.8) is 0 Å². The highest BCUT2D eigenvalue weighted by molar-refractivity contribution is 5.94. The van der Waals surface area contributed by atoms with Crippen molar-refractivity contribution in [2.75, 3.05) is 0 Å². The number of phenolic OH excluding ortho intramolecular Hbond substituents is 1. The number of para-hydroxylation sites is 1. The summed E-state index contributed by atoms with van der Waals surface area (Å²) in [5, 5.41) is 18.9. The second-order valence-corrected chi connectivity index (χ2v) is 5.44. The zero-order valence-corrected chi connectivity index (χ0v) is 11.9. The lowest BCUT2D eigenvalue weighted by Crippen LogP contribution is -1.87. The van der Waals surface area contributed by atoms with Crippen molar-refractivity contribution in [3.8, 4) is 17.3 Å². The monoisotopic (exact) mass is 301 g/mol. The van der Waals surface area contributed by atoms with Gasteiger partial charge in [0.05, 0.1) is 16.6 Å². The molecule has 0 saturated heterocycles. The highest BCUT2D eigenvalue weighted by Gasteiger charge is 2.10. The van der Waals surface area contributed by atoms with Gasteiger partial charge in [-0.2, -0.15) is 5.10 Å². The zero-order chi connectivity index (χ0) is 15.4. The highest BCUT2D eigenvalue weighted by atomic mass is 16.3. The number of nitrogens with one attached hydrogen (secondary N) is 2. The van der Waals surface area contributed by atoms with Gasteiger partial charge < -0.3 is 10.1 Å². The number of phenols is 1. The molecular formula is C17H11N5O. The summed E-state index contributed by atoms with van der Waals surface area (Å²) >= 11 is 0. The molecule has 6 heteroatoms. The zero-order valence-electron chi connectivity index (χ0n) is 11.9. The minimum absolute atomic E-state index is 0.166. The number of aromatic hydroxyl groups is 1.